The van der Waals surface area contributed by atoms with Crippen molar-refractivity contribution in [2.45, 2.75) is 38.6 Å². The van der Waals surface area contributed by atoms with Gasteiger partial charge in [-0.3, -0.25) is 0 Å². The largest absolute Gasteiger partial charge is 0.508 e. The predicted octanol–water partition coefficient (Wildman–Crippen LogP) is 2.04. The van der Waals surface area contributed by atoms with Crippen molar-refractivity contribution in [2.75, 3.05) is 0 Å². The number of benzene rings is 1. The molecule has 0 atom stereocenters. The van der Waals surface area contributed by atoms with Crippen LogP contribution in [-0.2, 0) is 6.42 Å². The zero-order valence-electron chi connectivity index (χ0n) is 8.80. The summed E-state index contributed by atoms with van der Waals surface area (Å²) in [5.41, 5.74) is 9.35. The van der Waals surface area contributed by atoms with E-state index in [0.717, 1.165) is 30.4 Å². The molecular weight excluding hydrogens is 174 g/mol. The van der Waals surface area contributed by atoms with Crippen molar-refractivity contribution in [3.05, 3.63) is 28.8 Å². The minimum atomic E-state index is -0.0286. The first-order chi connectivity index (χ1) is 6.50. The lowest BCUT2D eigenvalue weighted by Crippen LogP contribution is -2.24. The summed E-state index contributed by atoms with van der Waals surface area (Å²) in [6.07, 6.45) is 2.97. The molecule has 2 nitrogen and oxygen atoms in total. The molecule has 0 aromatic heterocycles. The van der Waals surface area contributed by atoms with Crippen molar-refractivity contribution < 1.29 is 5.11 Å². The fraction of sp³-hybridized carbons (Fsp3) is 0.500. The molecule has 1 fully saturated rings. The summed E-state index contributed by atoms with van der Waals surface area (Å²) >= 11 is 0. The molecule has 0 heterocycles. The molecule has 0 aliphatic heterocycles. The summed E-state index contributed by atoms with van der Waals surface area (Å²) in [4.78, 5) is 0. The molecule has 0 bridgehead atoms. The Bertz CT molecular complexity index is 367. The normalized spacial score (nSPS) is 18.2. The number of aryl methyl sites for hydroxylation is 2. The van der Waals surface area contributed by atoms with E-state index in [-0.39, 0.29) is 5.54 Å². The average Bonchev–Trinajstić information content (AvgIpc) is 2.80. The zero-order valence-corrected chi connectivity index (χ0v) is 8.80. The van der Waals surface area contributed by atoms with Gasteiger partial charge < -0.3 is 10.8 Å². The van der Waals surface area contributed by atoms with E-state index in [1.165, 1.54) is 5.56 Å². The van der Waals surface area contributed by atoms with Crippen LogP contribution in [0.3, 0.4) is 0 Å². The third-order valence-electron chi connectivity index (χ3n) is 3.13. The van der Waals surface area contributed by atoms with E-state index < -0.39 is 0 Å². The second kappa shape index (κ2) is 2.99. The second-order valence-corrected chi connectivity index (χ2v) is 4.60. The number of phenols is 1. The van der Waals surface area contributed by atoms with Crippen LogP contribution in [0.15, 0.2) is 12.1 Å². The van der Waals surface area contributed by atoms with Crippen LogP contribution in [0.1, 0.15) is 29.5 Å². The molecule has 1 saturated carbocycles. The average molecular weight is 191 g/mol. The van der Waals surface area contributed by atoms with Crippen LogP contribution in [0.2, 0.25) is 0 Å². The lowest BCUT2D eigenvalue weighted by atomic mass is 9.99. The summed E-state index contributed by atoms with van der Waals surface area (Å²) < 4.78 is 0. The highest BCUT2D eigenvalue weighted by atomic mass is 16.3. The Morgan fingerprint density at radius 3 is 2.43 bits per heavy atom. The van der Waals surface area contributed by atoms with Crippen LogP contribution in [-0.4, -0.2) is 10.6 Å². The second-order valence-electron chi connectivity index (χ2n) is 4.60. The van der Waals surface area contributed by atoms with Crippen molar-refractivity contribution in [2.24, 2.45) is 5.73 Å². The maximum atomic E-state index is 9.75. The summed E-state index contributed by atoms with van der Waals surface area (Å²) in [5.74, 6) is 0.393. The van der Waals surface area contributed by atoms with Crippen LogP contribution in [0.4, 0.5) is 0 Å². The number of hydrogen-bond acceptors (Lipinski definition) is 2. The van der Waals surface area contributed by atoms with Crippen LogP contribution in [0.5, 0.6) is 5.75 Å². The van der Waals surface area contributed by atoms with Crippen LogP contribution < -0.4 is 5.73 Å². The van der Waals surface area contributed by atoms with Crippen molar-refractivity contribution in [1.29, 1.82) is 0 Å². The molecule has 1 aliphatic carbocycles. The molecule has 76 valence electrons. The number of aromatic hydroxyl groups is 1. The van der Waals surface area contributed by atoms with Crippen molar-refractivity contribution in [3.8, 4) is 5.75 Å². The van der Waals surface area contributed by atoms with Gasteiger partial charge in [-0.25, -0.2) is 0 Å². The Balaban J connectivity index is 2.29. The van der Waals surface area contributed by atoms with Crippen molar-refractivity contribution in [1.82, 2.24) is 0 Å². The molecule has 0 unspecified atom stereocenters. The van der Waals surface area contributed by atoms with E-state index in [2.05, 4.69) is 13.0 Å². The zero-order chi connectivity index (χ0) is 10.3. The maximum Gasteiger partial charge on any atom is 0.119 e. The molecule has 14 heavy (non-hydrogen) atoms. The number of hydrogen-bond donors (Lipinski definition) is 2. The molecule has 2 rings (SSSR count). The van der Waals surface area contributed by atoms with Gasteiger partial charge in [-0.2, -0.15) is 0 Å². The predicted molar refractivity (Wildman–Crippen MR) is 57.4 cm³/mol. The van der Waals surface area contributed by atoms with Gasteiger partial charge >= 0.3 is 0 Å². The van der Waals surface area contributed by atoms with Crippen LogP contribution >= 0.6 is 0 Å². The number of rotatable bonds is 2. The molecule has 0 spiro atoms. The number of phenolic OH excluding ortho intramolecular Hbond substituents is 1. The van der Waals surface area contributed by atoms with Gasteiger partial charge in [-0.15, -0.1) is 0 Å². The highest BCUT2D eigenvalue weighted by Crippen LogP contribution is 2.38. The Morgan fingerprint density at radius 1 is 1.29 bits per heavy atom. The molecule has 1 aliphatic rings. The van der Waals surface area contributed by atoms with Gasteiger partial charge in [0.1, 0.15) is 5.75 Å². The molecule has 2 heteroatoms. The summed E-state index contributed by atoms with van der Waals surface area (Å²) in [6, 6.07) is 3.88. The monoisotopic (exact) mass is 191 g/mol. The lowest BCUT2D eigenvalue weighted by molar-refractivity contribution is 0.463. The first kappa shape index (κ1) is 9.53. The smallest absolute Gasteiger partial charge is 0.119 e. The van der Waals surface area contributed by atoms with Crippen molar-refractivity contribution in [3.63, 3.8) is 0 Å². The molecule has 0 radical (unpaired) electrons. The minimum absolute atomic E-state index is 0.0286. The molecule has 0 amide bonds. The first-order valence-electron chi connectivity index (χ1n) is 5.08. The standard InChI is InChI=1S/C12H17NO/c1-8-5-10(7-12(13)3-4-12)11(14)6-9(8)2/h5-6,14H,3-4,7,13H2,1-2H3. The highest BCUT2D eigenvalue weighted by molar-refractivity contribution is 5.42. The Labute approximate surface area is 84.7 Å². The van der Waals surface area contributed by atoms with E-state index >= 15 is 0 Å². The minimum Gasteiger partial charge on any atom is -0.508 e. The summed E-state index contributed by atoms with van der Waals surface area (Å²) in [5, 5.41) is 9.75. The Morgan fingerprint density at radius 2 is 1.86 bits per heavy atom. The van der Waals surface area contributed by atoms with Gasteiger partial charge in [0.15, 0.2) is 0 Å². The fourth-order valence-electron chi connectivity index (χ4n) is 1.72. The van der Waals surface area contributed by atoms with E-state index in [1.807, 2.05) is 13.0 Å². The summed E-state index contributed by atoms with van der Waals surface area (Å²) in [6.45, 7) is 4.07. The lowest BCUT2D eigenvalue weighted by Gasteiger charge is -2.12. The quantitative estimate of drug-likeness (QED) is 0.751. The molecule has 1 aromatic carbocycles. The highest BCUT2D eigenvalue weighted by Gasteiger charge is 2.38. The van der Waals surface area contributed by atoms with E-state index in [1.54, 1.807) is 0 Å². The maximum absolute atomic E-state index is 9.75. The van der Waals surface area contributed by atoms with Gasteiger partial charge in [-0.05, 0) is 55.9 Å². The molecule has 3 N–H and O–H groups in total. The Kier molecular flexibility index (Phi) is 2.04. The van der Waals surface area contributed by atoms with E-state index in [4.69, 9.17) is 5.73 Å². The van der Waals surface area contributed by atoms with E-state index in [0.29, 0.717) is 5.75 Å². The van der Waals surface area contributed by atoms with Gasteiger partial charge in [0.2, 0.25) is 0 Å². The van der Waals surface area contributed by atoms with Gasteiger partial charge in [0.25, 0.3) is 0 Å². The van der Waals surface area contributed by atoms with E-state index in [9.17, 15) is 5.11 Å². The van der Waals surface area contributed by atoms with Crippen LogP contribution in [0.25, 0.3) is 0 Å². The van der Waals surface area contributed by atoms with Crippen molar-refractivity contribution >= 4 is 0 Å². The molecule has 0 saturated heterocycles. The third kappa shape index (κ3) is 1.75. The molecule has 1 aromatic rings. The summed E-state index contributed by atoms with van der Waals surface area (Å²) in [7, 11) is 0. The Hall–Kier alpha value is -1.02. The topological polar surface area (TPSA) is 46.2 Å². The van der Waals surface area contributed by atoms with Gasteiger partial charge in [0.05, 0.1) is 0 Å². The molecular formula is C12H17NO. The van der Waals surface area contributed by atoms with Crippen LogP contribution in [0, 0.1) is 13.8 Å². The fourth-order valence-corrected chi connectivity index (χ4v) is 1.72. The van der Waals surface area contributed by atoms with Gasteiger partial charge in [-0.1, -0.05) is 6.07 Å². The first-order valence-corrected chi connectivity index (χ1v) is 5.08. The van der Waals surface area contributed by atoms with Gasteiger partial charge in [0, 0.05) is 5.54 Å². The third-order valence-corrected chi connectivity index (χ3v) is 3.13. The number of nitrogens with two attached hydrogens (primary N) is 1. The SMILES string of the molecule is Cc1cc(O)c(CC2(N)CC2)cc1C.